The van der Waals surface area contributed by atoms with Gasteiger partial charge in [0.05, 0.1) is 0 Å². The molecule has 0 fully saturated rings. The molecule has 0 atom stereocenters. The van der Waals surface area contributed by atoms with Crippen molar-refractivity contribution < 1.29 is 65.8 Å². The summed E-state index contributed by atoms with van der Waals surface area (Å²) in [6.07, 6.45) is 0. The van der Waals surface area contributed by atoms with Gasteiger partial charge >= 0.3 is 132 Å². The van der Waals surface area contributed by atoms with Gasteiger partial charge in [0.2, 0.25) is 0 Å². The number of rotatable bonds is 3. The van der Waals surface area contributed by atoms with Crippen molar-refractivity contribution in [2.45, 2.75) is 0 Å². The van der Waals surface area contributed by atoms with Crippen LogP contribution in [0.4, 0.5) is 0 Å². The van der Waals surface area contributed by atoms with Gasteiger partial charge in [0.25, 0.3) is 0 Å². The van der Waals surface area contributed by atoms with E-state index in [4.69, 9.17) is 8.21 Å². The topological polar surface area (TPSA) is 46.5 Å². The molecule has 1 aromatic rings. The summed E-state index contributed by atoms with van der Waals surface area (Å²) in [6.45, 7) is 0. The first-order valence-corrected chi connectivity index (χ1v) is 5.40. The number of hydrogen-bond acceptors (Lipinski definition) is 2. The minimum Gasteiger partial charge on any atom is -1.00 e. The fraction of sp³-hybridized carbons (Fsp3) is 0.125. The van der Waals surface area contributed by atoms with Gasteiger partial charge in [-0.1, -0.05) is 0 Å². The van der Waals surface area contributed by atoms with E-state index in [2.05, 4.69) is 0 Å². The van der Waals surface area contributed by atoms with Crippen LogP contribution in [0.15, 0.2) is 24.3 Å². The van der Waals surface area contributed by atoms with Crippen LogP contribution in [0, 0.1) is 0 Å². The molecule has 1 N–H and O–H groups in total. The molecule has 0 amide bonds. The van der Waals surface area contributed by atoms with E-state index in [9.17, 15) is 4.79 Å². The maximum absolute atomic E-state index is 10.7. The molecule has 0 unspecified atom stereocenters. The third-order valence-corrected chi connectivity index (χ3v) is 3.29. The second-order valence-electron chi connectivity index (χ2n) is 2.05. The smallest absolute Gasteiger partial charge is 1.00 e. The summed E-state index contributed by atoms with van der Waals surface area (Å²) >= 11 is -0.777. The van der Waals surface area contributed by atoms with Gasteiger partial charge in [-0.15, -0.1) is 0 Å². The molecule has 0 radical (unpaired) electrons. The number of aromatic carboxylic acids is 1. The molecule has 0 bridgehead atoms. The zero-order valence-corrected chi connectivity index (χ0v) is 12.9. The van der Waals surface area contributed by atoms with Crippen LogP contribution in [0.3, 0.4) is 0 Å². The zero-order valence-electron chi connectivity index (χ0n) is 8.48. The van der Waals surface area contributed by atoms with E-state index in [0.29, 0.717) is 5.56 Å². The largest absolute Gasteiger partial charge is 1.00 e. The van der Waals surface area contributed by atoms with Crippen molar-refractivity contribution in [1.82, 2.24) is 0 Å². The van der Waals surface area contributed by atoms with Crippen LogP contribution in [0.25, 0.3) is 0 Å². The predicted octanol–water partition coefficient (Wildman–Crippen LogP) is -2.61. The molecule has 0 heterocycles. The first-order chi connectivity index (χ1) is 5.75. The zero-order chi connectivity index (χ0) is 8.97. The molecule has 13 heavy (non-hydrogen) atoms. The summed E-state index contributed by atoms with van der Waals surface area (Å²) < 4.78 is 5.82. The van der Waals surface area contributed by atoms with Crippen molar-refractivity contribution in [3.05, 3.63) is 29.8 Å². The van der Waals surface area contributed by atoms with Crippen LogP contribution in [0.1, 0.15) is 11.8 Å². The van der Waals surface area contributed by atoms with E-state index >= 15 is 0 Å². The fourth-order valence-electron chi connectivity index (χ4n) is 0.806. The van der Waals surface area contributed by atoms with Gasteiger partial charge < -0.3 is 1.43 Å². The Bertz CT molecular complexity index is 296. The SMILES string of the molecule is CO[Te]c1ccccc1C(=O)O.[H-].[K+]. The van der Waals surface area contributed by atoms with Gasteiger partial charge in [0.15, 0.2) is 0 Å². The van der Waals surface area contributed by atoms with Crippen LogP contribution in [0.2, 0.25) is 0 Å². The molecule has 0 saturated carbocycles. The third kappa shape index (κ3) is 4.41. The molecule has 0 saturated heterocycles. The van der Waals surface area contributed by atoms with Crippen LogP contribution in [0.5, 0.6) is 0 Å². The van der Waals surface area contributed by atoms with E-state index in [1.807, 2.05) is 6.07 Å². The van der Waals surface area contributed by atoms with Crippen molar-refractivity contribution in [3.63, 3.8) is 0 Å². The Morgan fingerprint density at radius 2 is 2.15 bits per heavy atom. The quantitative estimate of drug-likeness (QED) is 0.621. The molecular formula is C8H9KO3Te. The molecule has 5 heteroatoms. The van der Waals surface area contributed by atoms with E-state index in [1.54, 1.807) is 25.3 Å². The Kier molecular flexibility index (Phi) is 7.99. The Labute approximate surface area is 131 Å². The van der Waals surface area contributed by atoms with Crippen molar-refractivity contribution in [1.29, 1.82) is 0 Å². The van der Waals surface area contributed by atoms with Crippen LogP contribution in [-0.2, 0) is 3.10 Å². The maximum atomic E-state index is 10.7. The maximum Gasteiger partial charge on any atom is 1.00 e. The molecule has 0 aromatic heterocycles. The summed E-state index contributed by atoms with van der Waals surface area (Å²) in [4.78, 5) is 10.7. The Balaban J connectivity index is 0. The molecular weight excluding hydrogens is 311 g/mol. The van der Waals surface area contributed by atoms with Gasteiger partial charge in [0.1, 0.15) is 0 Å². The van der Waals surface area contributed by atoms with E-state index in [-0.39, 0.29) is 52.8 Å². The van der Waals surface area contributed by atoms with Crippen LogP contribution >= 0.6 is 0 Å². The molecule has 0 aliphatic carbocycles. The molecule has 3 nitrogen and oxygen atoms in total. The number of carbonyl (C=O) groups is 1. The summed E-state index contributed by atoms with van der Waals surface area (Å²) in [5.41, 5.74) is 0.363. The van der Waals surface area contributed by atoms with E-state index < -0.39 is 27.3 Å². The first kappa shape index (κ1) is 14.1. The van der Waals surface area contributed by atoms with Crippen LogP contribution in [-0.4, -0.2) is 39.5 Å². The predicted molar refractivity (Wildman–Crippen MR) is 46.9 cm³/mol. The molecule has 1 rings (SSSR count). The summed E-state index contributed by atoms with van der Waals surface area (Å²) in [6, 6.07) is 6.94. The van der Waals surface area contributed by atoms with Crippen molar-refractivity contribution >= 4 is 30.9 Å². The average molecular weight is 320 g/mol. The van der Waals surface area contributed by atoms with Crippen molar-refractivity contribution in [2.24, 2.45) is 0 Å². The number of hydrogen-bond donors (Lipinski definition) is 1. The summed E-state index contributed by atoms with van der Waals surface area (Å²) in [5, 5.41) is 8.76. The van der Waals surface area contributed by atoms with E-state index in [1.165, 1.54) is 0 Å². The van der Waals surface area contributed by atoms with Crippen molar-refractivity contribution in [2.75, 3.05) is 7.11 Å². The van der Waals surface area contributed by atoms with Gasteiger partial charge in [0, 0.05) is 0 Å². The normalized spacial score (nSPS) is 9.00. The second-order valence-corrected chi connectivity index (χ2v) is 4.73. The van der Waals surface area contributed by atoms with Gasteiger partial charge in [-0.05, 0) is 0 Å². The molecule has 0 spiro atoms. The first-order valence-electron chi connectivity index (χ1n) is 3.28. The number of carboxylic acids is 1. The minimum absolute atomic E-state index is 0. The molecule has 1 aromatic carbocycles. The van der Waals surface area contributed by atoms with Gasteiger partial charge in [-0.25, -0.2) is 0 Å². The van der Waals surface area contributed by atoms with Crippen molar-refractivity contribution in [3.8, 4) is 0 Å². The minimum atomic E-state index is -0.882. The van der Waals surface area contributed by atoms with E-state index in [0.717, 1.165) is 3.61 Å². The van der Waals surface area contributed by atoms with Gasteiger partial charge in [-0.3, -0.25) is 0 Å². The summed E-state index contributed by atoms with van der Waals surface area (Å²) in [7, 11) is 1.60. The third-order valence-electron chi connectivity index (χ3n) is 1.29. The number of carboxylic acid groups (broad SMARTS) is 1. The molecule has 0 aliphatic rings. The summed E-state index contributed by atoms with van der Waals surface area (Å²) in [5.74, 6) is -0.882. The molecule has 66 valence electrons. The molecule has 0 aliphatic heterocycles. The Morgan fingerprint density at radius 1 is 1.54 bits per heavy atom. The Hall–Kier alpha value is 1.08. The Morgan fingerprint density at radius 3 is 2.69 bits per heavy atom. The average Bonchev–Trinajstić information content (AvgIpc) is 2.05. The number of benzene rings is 1. The monoisotopic (exact) mass is 322 g/mol. The standard InChI is InChI=1S/C8H8O3Te.K.H/c1-11-12-7-5-3-2-4-6(7)8(9)10;;/h2-5H,1H3,(H,9,10);;/q;+1;-1. The fourth-order valence-corrected chi connectivity index (χ4v) is 2.40. The van der Waals surface area contributed by atoms with Gasteiger partial charge in [-0.2, -0.15) is 0 Å². The second kappa shape index (κ2) is 7.38. The van der Waals surface area contributed by atoms with Crippen LogP contribution < -0.4 is 55.0 Å².